The Labute approximate surface area is 117 Å². The van der Waals surface area contributed by atoms with Crippen molar-refractivity contribution >= 4 is 17.9 Å². The lowest BCUT2D eigenvalue weighted by Gasteiger charge is -2.34. The highest BCUT2D eigenvalue weighted by atomic mass is 16.5. The molecule has 5 N–H and O–H groups in total. The maximum atomic E-state index is 11.8. The van der Waals surface area contributed by atoms with Gasteiger partial charge in [0.05, 0.1) is 0 Å². The van der Waals surface area contributed by atoms with Crippen LogP contribution in [-0.4, -0.2) is 47.8 Å². The Morgan fingerprint density at radius 2 is 1.95 bits per heavy atom. The van der Waals surface area contributed by atoms with Gasteiger partial charge in [0.15, 0.2) is 0 Å². The van der Waals surface area contributed by atoms with Crippen LogP contribution < -0.4 is 16.4 Å². The third kappa shape index (κ3) is 5.43. The fourth-order valence-corrected chi connectivity index (χ4v) is 1.96. The summed E-state index contributed by atoms with van der Waals surface area (Å²) in [7, 11) is 0. The summed E-state index contributed by atoms with van der Waals surface area (Å²) in [5.74, 6) is -1.80. The van der Waals surface area contributed by atoms with Gasteiger partial charge in [0.1, 0.15) is 6.04 Å². The van der Waals surface area contributed by atoms with E-state index in [1.807, 2.05) is 6.92 Å². The lowest BCUT2D eigenvalue weighted by molar-refractivity contribution is -0.139. The second-order valence-electron chi connectivity index (χ2n) is 5.17. The van der Waals surface area contributed by atoms with Crippen molar-refractivity contribution in [1.82, 2.24) is 10.6 Å². The Kier molecular flexibility index (Phi) is 5.75. The lowest BCUT2D eigenvalue weighted by atomic mass is 9.93. The van der Waals surface area contributed by atoms with E-state index < -0.39 is 29.5 Å². The van der Waals surface area contributed by atoms with E-state index in [4.69, 9.17) is 15.6 Å². The average molecular weight is 287 g/mol. The summed E-state index contributed by atoms with van der Waals surface area (Å²) < 4.78 is 5.21. The highest BCUT2D eigenvalue weighted by Gasteiger charge is 2.30. The van der Waals surface area contributed by atoms with Gasteiger partial charge in [0, 0.05) is 25.2 Å². The van der Waals surface area contributed by atoms with Crippen LogP contribution in [0.3, 0.4) is 0 Å². The fourth-order valence-electron chi connectivity index (χ4n) is 1.96. The number of hydrogen-bond donors (Lipinski definition) is 4. The summed E-state index contributed by atoms with van der Waals surface area (Å²) >= 11 is 0. The minimum atomic E-state index is -1.20. The van der Waals surface area contributed by atoms with Crippen LogP contribution in [0, 0.1) is 0 Å². The van der Waals surface area contributed by atoms with E-state index in [1.54, 1.807) is 0 Å². The second kappa shape index (κ2) is 7.09. The number of aliphatic carboxylic acids is 1. The van der Waals surface area contributed by atoms with Gasteiger partial charge in [-0.1, -0.05) is 0 Å². The van der Waals surface area contributed by atoms with Crippen molar-refractivity contribution in [2.45, 2.75) is 44.2 Å². The molecule has 114 valence electrons. The zero-order valence-corrected chi connectivity index (χ0v) is 11.5. The monoisotopic (exact) mass is 287 g/mol. The van der Waals surface area contributed by atoms with Crippen molar-refractivity contribution in [2.24, 2.45) is 5.73 Å². The normalized spacial score (nSPS) is 18.9. The Morgan fingerprint density at radius 1 is 1.35 bits per heavy atom. The molecule has 8 nitrogen and oxygen atoms in total. The first-order valence-corrected chi connectivity index (χ1v) is 6.50. The third-order valence-corrected chi connectivity index (χ3v) is 3.29. The standard InChI is InChI=1S/C12H21N3O5/c1-12(4-6-20-7-5-12)15-11(19)14-8(10(17)18)2-3-9(13)16/h8H,2-7H2,1H3,(H2,13,16)(H,17,18)(H2,14,15,19). The highest BCUT2D eigenvalue weighted by molar-refractivity contribution is 5.83. The maximum absolute atomic E-state index is 11.8. The molecule has 1 aliphatic heterocycles. The van der Waals surface area contributed by atoms with Crippen molar-refractivity contribution in [3.05, 3.63) is 0 Å². The number of carboxylic acids is 1. The summed E-state index contributed by atoms with van der Waals surface area (Å²) in [4.78, 5) is 33.5. The van der Waals surface area contributed by atoms with E-state index in [0.29, 0.717) is 26.1 Å². The number of rotatable bonds is 6. The highest BCUT2D eigenvalue weighted by Crippen LogP contribution is 2.19. The number of carbonyl (C=O) groups is 3. The molecule has 1 unspecified atom stereocenters. The van der Waals surface area contributed by atoms with E-state index in [1.165, 1.54) is 0 Å². The molecule has 0 spiro atoms. The fraction of sp³-hybridized carbons (Fsp3) is 0.750. The largest absolute Gasteiger partial charge is 0.480 e. The van der Waals surface area contributed by atoms with Crippen LogP contribution in [0.5, 0.6) is 0 Å². The van der Waals surface area contributed by atoms with E-state index in [2.05, 4.69) is 10.6 Å². The van der Waals surface area contributed by atoms with Crippen LogP contribution in [0.2, 0.25) is 0 Å². The Balaban J connectivity index is 2.48. The van der Waals surface area contributed by atoms with Gasteiger partial charge in [-0.25, -0.2) is 9.59 Å². The van der Waals surface area contributed by atoms with Crippen LogP contribution in [0.4, 0.5) is 4.79 Å². The second-order valence-corrected chi connectivity index (χ2v) is 5.17. The van der Waals surface area contributed by atoms with Crippen LogP contribution in [0.25, 0.3) is 0 Å². The first-order chi connectivity index (χ1) is 9.32. The molecule has 20 heavy (non-hydrogen) atoms. The molecular formula is C12H21N3O5. The van der Waals surface area contributed by atoms with Gasteiger partial charge >= 0.3 is 12.0 Å². The minimum Gasteiger partial charge on any atom is -0.480 e. The Morgan fingerprint density at radius 3 is 2.45 bits per heavy atom. The molecule has 0 bridgehead atoms. The number of nitrogens with two attached hydrogens (primary N) is 1. The number of nitrogens with one attached hydrogen (secondary N) is 2. The third-order valence-electron chi connectivity index (χ3n) is 3.29. The van der Waals surface area contributed by atoms with Crippen molar-refractivity contribution in [1.29, 1.82) is 0 Å². The molecule has 0 aliphatic carbocycles. The quantitative estimate of drug-likeness (QED) is 0.526. The number of amides is 3. The van der Waals surface area contributed by atoms with Crippen molar-refractivity contribution < 1.29 is 24.2 Å². The molecule has 1 atom stereocenters. The SMILES string of the molecule is CC1(NC(=O)NC(CCC(N)=O)C(=O)O)CCOCC1. The maximum Gasteiger partial charge on any atom is 0.326 e. The van der Waals surface area contributed by atoms with E-state index in [-0.39, 0.29) is 12.8 Å². The molecule has 3 amide bonds. The molecular weight excluding hydrogens is 266 g/mol. The molecule has 0 aromatic heterocycles. The molecule has 1 heterocycles. The van der Waals surface area contributed by atoms with Crippen LogP contribution in [0.1, 0.15) is 32.6 Å². The van der Waals surface area contributed by atoms with Crippen molar-refractivity contribution in [3.8, 4) is 0 Å². The van der Waals surface area contributed by atoms with Gasteiger partial charge in [-0.3, -0.25) is 4.79 Å². The molecule has 1 rings (SSSR count). The number of urea groups is 1. The molecule has 0 radical (unpaired) electrons. The smallest absolute Gasteiger partial charge is 0.326 e. The Hall–Kier alpha value is -1.83. The average Bonchev–Trinajstić information content (AvgIpc) is 2.34. The predicted molar refractivity (Wildman–Crippen MR) is 70.0 cm³/mol. The molecule has 0 saturated carbocycles. The molecule has 8 heteroatoms. The summed E-state index contributed by atoms with van der Waals surface area (Å²) in [6.07, 6.45) is 1.21. The first-order valence-electron chi connectivity index (χ1n) is 6.50. The Bertz CT molecular complexity index is 379. The predicted octanol–water partition coefficient (Wildman–Crippen LogP) is -0.427. The lowest BCUT2D eigenvalue weighted by Crippen LogP contribution is -2.55. The van der Waals surface area contributed by atoms with Gasteiger partial charge in [-0.05, 0) is 26.2 Å². The molecule has 0 aromatic rings. The van der Waals surface area contributed by atoms with E-state index in [0.717, 1.165) is 0 Å². The van der Waals surface area contributed by atoms with Gasteiger partial charge in [-0.2, -0.15) is 0 Å². The minimum absolute atomic E-state index is 0.0298. The topological polar surface area (TPSA) is 131 Å². The summed E-state index contributed by atoms with van der Waals surface area (Å²) in [5.41, 5.74) is 4.56. The van der Waals surface area contributed by atoms with Gasteiger partial charge in [-0.15, -0.1) is 0 Å². The summed E-state index contributed by atoms with van der Waals surface area (Å²) in [5, 5.41) is 14.1. The van der Waals surface area contributed by atoms with Crippen LogP contribution in [0.15, 0.2) is 0 Å². The number of primary amides is 1. The zero-order chi connectivity index (χ0) is 15.2. The molecule has 1 fully saturated rings. The van der Waals surface area contributed by atoms with Gasteiger partial charge < -0.3 is 26.2 Å². The number of carboxylic acid groups (broad SMARTS) is 1. The molecule has 1 aliphatic rings. The zero-order valence-electron chi connectivity index (χ0n) is 11.5. The first kappa shape index (κ1) is 16.2. The molecule has 1 saturated heterocycles. The van der Waals surface area contributed by atoms with E-state index in [9.17, 15) is 14.4 Å². The summed E-state index contributed by atoms with van der Waals surface area (Å²) in [6.45, 7) is 3.00. The number of ether oxygens (including phenoxy) is 1. The van der Waals surface area contributed by atoms with Gasteiger partial charge in [0.2, 0.25) is 5.91 Å². The molecule has 0 aromatic carbocycles. The number of hydrogen-bond acceptors (Lipinski definition) is 4. The van der Waals surface area contributed by atoms with Crippen molar-refractivity contribution in [3.63, 3.8) is 0 Å². The van der Waals surface area contributed by atoms with E-state index >= 15 is 0 Å². The number of carbonyl (C=O) groups excluding carboxylic acids is 2. The van der Waals surface area contributed by atoms with Crippen LogP contribution >= 0.6 is 0 Å². The van der Waals surface area contributed by atoms with Gasteiger partial charge in [0.25, 0.3) is 0 Å². The van der Waals surface area contributed by atoms with Crippen LogP contribution in [-0.2, 0) is 14.3 Å². The van der Waals surface area contributed by atoms with Crippen molar-refractivity contribution in [2.75, 3.05) is 13.2 Å². The summed E-state index contributed by atoms with van der Waals surface area (Å²) in [6, 6.07) is -1.70.